The van der Waals surface area contributed by atoms with Gasteiger partial charge in [0.2, 0.25) is 5.91 Å². The summed E-state index contributed by atoms with van der Waals surface area (Å²) >= 11 is 0. The second-order valence-electron chi connectivity index (χ2n) is 7.21. The molecule has 1 amide bonds. The molecule has 9 nitrogen and oxygen atoms in total. The molecule has 1 saturated heterocycles. The number of carbonyl (C=O) groups excluding carboxylic acids is 1. The number of carbonyl (C=O) groups is 1. The quantitative estimate of drug-likeness (QED) is 0.776. The Morgan fingerprint density at radius 3 is 2.75 bits per heavy atom. The summed E-state index contributed by atoms with van der Waals surface area (Å²) in [5.41, 5.74) is 2.16. The van der Waals surface area contributed by atoms with E-state index < -0.39 is 16.1 Å². The van der Waals surface area contributed by atoms with Crippen LogP contribution in [0.2, 0.25) is 0 Å². The highest BCUT2D eigenvalue weighted by Gasteiger charge is 2.40. The molecule has 2 aliphatic heterocycles. The SMILES string of the molecule is Cn1cc2c(n1)[C@@H](C(=O)NCc1ccccn1)CN(S(=O)(=O)N1CCCC1)C2. The summed E-state index contributed by atoms with van der Waals surface area (Å²) in [6.07, 6.45) is 5.21. The smallest absolute Gasteiger partial charge is 0.282 e. The molecular formula is C18H24N6O3S. The van der Waals surface area contributed by atoms with E-state index in [9.17, 15) is 13.2 Å². The lowest BCUT2D eigenvalue weighted by Gasteiger charge is -2.33. The van der Waals surface area contributed by atoms with E-state index in [4.69, 9.17) is 0 Å². The Morgan fingerprint density at radius 2 is 2.04 bits per heavy atom. The van der Waals surface area contributed by atoms with E-state index in [0.29, 0.717) is 18.8 Å². The van der Waals surface area contributed by atoms with Crippen LogP contribution in [0.4, 0.5) is 0 Å². The third-order valence-electron chi connectivity index (χ3n) is 5.20. The number of fused-ring (bicyclic) bond motifs is 1. The van der Waals surface area contributed by atoms with Crippen molar-refractivity contribution in [2.24, 2.45) is 7.05 Å². The van der Waals surface area contributed by atoms with Gasteiger partial charge in [-0.3, -0.25) is 14.5 Å². The minimum Gasteiger partial charge on any atom is -0.350 e. The van der Waals surface area contributed by atoms with Crippen LogP contribution in [-0.4, -0.2) is 57.3 Å². The summed E-state index contributed by atoms with van der Waals surface area (Å²) in [4.78, 5) is 17.1. The molecular weight excluding hydrogens is 380 g/mol. The molecule has 2 aromatic rings. The van der Waals surface area contributed by atoms with Crippen molar-refractivity contribution in [1.29, 1.82) is 0 Å². The molecule has 2 aliphatic rings. The van der Waals surface area contributed by atoms with Gasteiger partial charge in [0.15, 0.2) is 0 Å². The number of nitrogens with zero attached hydrogens (tertiary/aromatic N) is 5. The molecule has 4 heterocycles. The second kappa shape index (κ2) is 7.61. The van der Waals surface area contributed by atoms with Crippen molar-refractivity contribution < 1.29 is 13.2 Å². The van der Waals surface area contributed by atoms with Crippen LogP contribution in [0.15, 0.2) is 30.6 Å². The molecule has 0 bridgehead atoms. The van der Waals surface area contributed by atoms with Gasteiger partial charge in [-0.1, -0.05) is 6.07 Å². The highest BCUT2D eigenvalue weighted by molar-refractivity contribution is 7.86. The Hall–Kier alpha value is -2.30. The average molecular weight is 404 g/mol. The number of nitrogens with one attached hydrogen (secondary N) is 1. The molecule has 28 heavy (non-hydrogen) atoms. The summed E-state index contributed by atoms with van der Waals surface area (Å²) < 4.78 is 30.6. The monoisotopic (exact) mass is 404 g/mol. The van der Waals surface area contributed by atoms with E-state index in [0.717, 1.165) is 24.1 Å². The summed E-state index contributed by atoms with van der Waals surface area (Å²) in [5, 5.41) is 7.30. The van der Waals surface area contributed by atoms with E-state index in [1.54, 1.807) is 24.1 Å². The Balaban J connectivity index is 1.56. The third kappa shape index (κ3) is 3.67. The molecule has 0 aromatic carbocycles. The van der Waals surface area contributed by atoms with Gasteiger partial charge in [-0.05, 0) is 25.0 Å². The van der Waals surface area contributed by atoms with Crippen LogP contribution in [-0.2, 0) is 35.1 Å². The summed E-state index contributed by atoms with van der Waals surface area (Å²) in [5.74, 6) is -0.891. The number of pyridine rings is 1. The van der Waals surface area contributed by atoms with Crippen LogP contribution in [0.1, 0.15) is 35.7 Å². The van der Waals surface area contributed by atoms with Crippen LogP contribution < -0.4 is 5.32 Å². The van der Waals surface area contributed by atoms with E-state index >= 15 is 0 Å². The zero-order valence-electron chi connectivity index (χ0n) is 15.8. The Labute approximate surface area is 164 Å². The van der Waals surface area contributed by atoms with Crippen molar-refractivity contribution in [3.8, 4) is 0 Å². The number of rotatable bonds is 5. The lowest BCUT2D eigenvalue weighted by Crippen LogP contribution is -2.48. The molecule has 150 valence electrons. The van der Waals surface area contributed by atoms with Crippen LogP contribution in [0, 0.1) is 0 Å². The van der Waals surface area contributed by atoms with Crippen molar-refractivity contribution in [2.45, 2.75) is 31.8 Å². The summed E-state index contributed by atoms with van der Waals surface area (Å²) in [6.45, 7) is 1.70. The van der Waals surface area contributed by atoms with Gasteiger partial charge in [0.25, 0.3) is 10.2 Å². The van der Waals surface area contributed by atoms with E-state index in [1.807, 2.05) is 18.2 Å². The van der Waals surface area contributed by atoms with Gasteiger partial charge in [-0.2, -0.15) is 22.1 Å². The third-order valence-corrected chi connectivity index (χ3v) is 7.15. The molecule has 0 spiro atoms. The average Bonchev–Trinajstić information content (AvgIpc) is 3.35. The lowest BCUT2D eigenvalue weighted by atomic mass is 9.97. The van der Waals surface area contributed by atoms with Crippen molar-refractivity contribution in [3.05, 3.63) is 47.5 Å². The largest absolute Gasteiger partial charge is 0.350 e. The maximum Gasteiger partial charge on any atom is 0.282 e. The zero-order chi connectivity index (χ0) is 19.7. The van der Waals surface area contributed by atoms with Crippen molar-refractivity contribution in [1.82, 2.24) is 28.7 Å². The Kier molecular flexibility index (Phi) is 5.17. The molecule has 0 aliphatic carbocycles. The number of hydrogen-bond donors (Lipinski definition) is 1. The molecule has 4 rings (SSSR count). The normalized spacial score (nSPS) is 20.8. The first-order valence-corrected chi connectivity index (χ1v) is 10.8. The van der Waals surface area contributed by atoms with E-state index in [-0.39, 0.29) is 25.5 Å². The molecule has 0 radical (unpaired) electrons. The Morgan fingerprint density at radius 1 is 1.25 bits per heavy atom. The minimum absolute atomic E-state index is 0.0941. The second-order valence-corrected chi connectivity index (χ2v) is 9.14. The van der Waals surface area contributed by atoms with Gasteiger partial charge in [0, 0.05) is 51.2 Å². The fourth-order valence-corrected chi connectivity index (χ4v) is 5.47. The highest BCUT2D eigenvalue weighted by Crippen LogP contribution is 2.31. The number of hydrogen-bond acceptors (Lipinski definition) is 5. The van der Waals surface area contributed by atoms with Crippen LogP contribution in [0.5, 0.6) is 0 Å². The Bertz CT molecular complexity index is 953. The van der Waals surface area contributed by atoms with Gasteiger partial charge in [-0.15, -0.1) is 0 Å². The van der Waals surface area contributed by atoms with E-state index in [2.05, 4.69) is 15.4 Å². The minimum atomic E-state index is -3.59. The van der Waals surface area contributed by atoms with Gasteiger partial charge in [-0.25, -0.2) is 0 Å². The molecule has 2 aromatic heterocycles. The topological polar surface area (TPSA) is 100 Å². The zero-order valence-corrected chi connectivity index (χ0v) is 16.6. The standard InChI is InChI=1S/C18H24N6O3S/c1-22-11-14-12-24(28(26,27)23-8-4-5-9-23)13-16(17(14)21-22)18(25)20-10-15-6-2-3-7-19-15/h2-3,6-7,11,16H,4-5,8-10,12-13H2,1H3,(H,20,25)/t16-/m0/s1. The first-order valence-electron chi connectivity index (χ1n) is 9.40. The molecule has 0 unspecified atom stereocenters. The first-order chi connectivity index (χ1) is 13.4. The predicted molar refractivity (Wildman–Crippen MR) is 102 cm³/mol. The van der Waals surface area contributed by atoms with Crippen LogP contribution in [0.3, 0.4) is 0 Å². The van der Waals surface area contributed by atoms with E-state index in [1.165, 1.54) is 8.61 Å². The van der Waals surface area contributed by atoms with Gasteiger partial charge in [0.1, 0.15) is 0 Å². The fraction of sp³-hybridized carbons (Fsp3) is 0.500. The van der Waals surface area contributed by atoms with Gasteiger partial charge >= 0.3 is 0 Å². The predicted octanol–water partition coefficient (Wildman–Crippen LogP) is 0.371. The number of amides is 1. The van der Waals surface area contributed by atoms with Gasteiger partial charge < -0.3 is 5.32 Å². The molecule has 1 N–H and O–H groups in total. The summed E-state index contributed by atoms with van der Waals surface area (Å²) in [7, 11) is -1.81. The molecule has 1 fully saturated rings. The fourth-order valence-electron chi connectivity index (χ4n) is 3.78. The highest BCUT2D eigenvalue weighted by atomic mass is 32.2. The maximum absolute atomic E-state index is 13.0. The van der Waals surface area contributed by atoms with Crippen molar-refractivity contribution in [3.63, 3.8) is 0 Å². The van der Waals surface area contributed by atoms with Crippen LogP contribution >= 0.6 is 0 Å². The van der Waals surface area contributed by atoms with Crippen LogP contribution in [0.25, 0.3) is 0 Å². The lowest BCUT2D eigenvalue weighted by molar-refractivity contribution is -0.123. The molecule has 0 saturated carbocycles. The molecule has 10 heteroatoms. The van der Waals surface area contributed by atoms with Crippen molar-refractivity contribution in [2.75, 3.05) is 19.6 Å². The van der Waals surface area contributed by atoms with Gasteiger partial charge in [0.05, 0.1) is 23.9 Å². The maximum atomic E-state index is 13.0. The summed E-state index contributed by atoms with van der Waals surface area (Å²) in [6, 6.07) is 5.50. The number of aromatic nitrogens is 3. The molecule has 1 atom stereocenters. The first kappa shape index (κ1) is 19.0. The van der Waals surface area contributed by atoms with Crippen molar-refractivity contribution >= 4 is 16.1 Å². The number of aryl methyl sites for hydroxylation is 1.